The molecule has 29 heavy (non-hydrogen) atoms. The van der Waals surface area contributed by atoms with Crippen LogP contribution in [0.2, 0.25) is 5.02 Å². The molecule has 1 amide bonds. The van der Waals surface area contributed by atoms with Crippen molar-refractivity contribution in [2.75, 3.05) is 34.0 Å². The summed E-state index contributed by atoms with van der Waals surface area (Å²) in [5.41, 5.74) is 2.62. The number of aryl methyl sites for hydroxylation is 1. The van der Waals surface area contributed by atoms with E-state index in [1.807, 2.05) is 73.1 Å². The number of rotatable bonds is 6. The van der Waals surface area contributed by atoms with Gasteiger partial charge in [-0.2, -0.15) is 0 Å². The highest BCUT2D eigenvalue weighted by molar-refractivity contribution is 6.31. The zero-order valence-electron chi connectivity index (χ0n) is 16.8. The predicted octanol–water partition coefficient (Wildman–Crippen LogP) is 3.76. The molecule has 3 aromatic rings. The average molecular weight is 414 g/mol. The quantitative estimate of drug-likeness (QED) is 0.617. The summed E-state index contributed by atoms with van der Waals surface area (Å²) in [6, 6.07) is 13.4. The minimum absolute atomic E-state index is 0.0145. The van der Waals surface area contributed by atoms with Gasteiger partial charge >= 0.3 is 0 Å². The van der Waals surface area contributed by atoms with E-state index in [0.717, 1.165) is 34.5 Å². The number of hydrogen-bond donors (Lipinski definition) is 0. The molecular formula is C22H24ClN3O3. The highest BCUT2D eigenvalue weighted by Gasteiger charge is 2.22. The van der Waals surface area contributed by atoms with Gasteiger partial charge in [-0.25, -0.2) is 0 Å². The second-order valence-electron chi connectivity index (χ2n) is 7.51. The van der Waals surface area contributed by atoms with Crippen molar-refractivity contribution < 1.29 is 14.3 Å². The summed E-state index contributed by atoms with van der Waals surface area (Å²) in [4.78, 5) is 17.4. The van der Waals surface area contributed by atoms with Gasteiger partial charge in [0.15, 0.2) is 11.5 Å². The first kappa shape index (κ1) is 19.6. The Morgan fingerprint density at radius 2 is 1.86 bits per heavy atom. The van der Waals surface area contributed by atoms with Crippen molar-refractivity contribution in [3.63, 3.8) is 0 Å². The van der Waals surface area contributed by atoms with Gasteiger partial charge in [0.2, 0.25) is 6.79 Å². The Labute approximate surface area is 175 Å². The van der Waals surface area contributed by atoms with E-state index in [1.165, 1.54) is 0 Å². The maximum atomic E-state index is 13.5. The molecule has 152 valence electrons. The molecule has 1 aliphatic rings. The van der Waals surface area contributed by atoms with Gasteiger partial charge in [-0.1, -0.05) is 17.7 Å². The van der Waals surface area contributed by atoms with Crippen LogP contribution in [0.4, 0.5) is 0 Å². The first-order chi connectivity index (χ1) is 13.9. The molecule has 0 N–H and O–H groups in total. The van der Waals surface area contributed by atoms with Gasteiger partial charge in [-0.05, 0) is 56.1 Å². The molecule has 0 saturated heterocycles. The molecule has 0 saturated carbocycles. The Morgan fingerprint density at radius 3 is 2.66 bits per heavy atom. The molecule has 0 atom stereocenters. The molecule has 0 aliphatic carbocycles. The lowest BCUT2D eigenvalue weighted by Crippen LogP contribution is -2.37. The van der Waals surface area contributed by atoms with Crippen molar-refractivity contribution in [2.45, 2.75) is 6.54 Å². The lowest BCUT2D eigenvalue weighted by molar-refractivity contribution is 0.0722. The molecule has 7 heteroatoms. The number of benzene rings is 2. The second kappa shape index (κ2) is 7.97. The summed E-state index contributed by atoms with van der Waals surface area (Å²) in [5, 5.41) is 1.62. The summed E-state index contributed by atoms with van der Waals surface area (Å²) in [6.45, 7) is 2.11. The highest BCUT2D eigenvalue weighted by atomic mass is 35.5. The minimum Gasteiger partial charge on any atom is -0.454 e. The van der Waals surface area contributed by atoms with E-state index in [0.29, 0.717) is 23.8 Å². The number of ether oxygens (including phenoxy) is 2. The van der Waals surface area contributed by atoms with E-state index < -0.39 is 0 Å². The van der Waals surface area contributed by atoms with Crippen molar-refractivity contribution in [2.24, 2.45) is 7.05 Å². The first-order valence-electron chi connectivity index (χ1n) is 9.50. The van der Waals surface area contributed by atoms with Crippen molar-refractivity contribution in [1.82, 2.24) is 14.4 Å². The van der Waals surface area contributed by atoms with Crippen LogP contribution < -0.4 is 9.47 Å². The monoisotopic (exact) mass is 413 g/mol. The molecular weight excluding hydrogens is 390 g/mol. The Kier molecular flexibility index (Phi) is 5.39. The van der Waals surface area contributed by atoms with E-state index in [1.54, 1.807) is 0 Å². The van der Waals surface area contributed by atoms with E-state index >= 15 is 0 Å². The fourth-order valence-corrected chi connectivity index (χ4v) is 3.70. The van der Waals surface area contributed by atoms with Crippen LogP contribution in [0.3, 0.4) is 0 Å². The summed E-state index contributed by atoms with van der Waals surface area (Å²) in [5.74, 6) is 1.45. The van der Waals surface area contributed by atoms with Crippen LogP contribution in [0.15, 0.2) is 42.5 Å². The lowest BCUT2D eigenvalue weighted by atomic mass is 10.1. The smallest absolute Gasteiger partial charge is 0.270 e. The van der Waals surface area contributed by atoms with Gasteiger partial charge in [0.1, 0.15) is 5.69 Å². The number of halogens is 1. The van der Waals surface area contributed by atoms with E-state index in [2.05, 4.69) is 4.90 Å². The standard InChI is InChI=1S/C22H24ClN3O3/c1-24(2)8-9-26(13-15-4-7-20-21(10-15)29-14-28-20)22(27)19-12-16-11-17(23)5-6-18(16)25(19)3/h4-7,10-12H,8-9,13-14H2,1-3H3. The zero-order chi connectivity index (χ0) is 20.5. The van der Waals surface area contributed by atoms with Crippen LogP contribution in [-0.2, 0) is 13.6 Å². The van der Waals surface area contributed by atoms with Crippen molar-refractivity contribution in [3.8, 4) is 11.5 Å². The van der Waals surface area contributed by atoms with Crippen molar-refractivity contribution in [3.05, 3.63) is 58.7 Å². The van der Waals surface area contributed by atoms with Gasteiger partial charge < -0.3 is 23.8 Å². The second-order valence-corrected chi connectivity index (χ2v) is 7.95. The number of likely N-dealkylation sites (N-methyl/N-ethyl adjacent to an activating group) is 1. The third kappa shape index (κ3) is 4.04. The molecule has 2 heterocycles. The number of aromatic nitrogens is 1. The molecule has 4 rings (SSSR count). The Balaban J connectivity index is 1.64. The number of carbonyl (C=O) groups is 1. The number of amides is 1. The minimum atomic E-state index is -0.0145. The molecule has 0 spiro atoms. The summed E-state index contributed by atoms with van der Waals surface area (Å²) in [6.07, 6.45) is 0. The third-order valence-corrected chi connectivity index (χ3v) is 5.37. The van der Waals surface area contributed by atoms with Crippen LogP contribution >= 0.6 is 11.6 Å². The maximum absolute atomic E-state index is 13.5. The highest BCUT2D eigenvalue weighted by Crippen LogP contribution is 2.33. The molecule has 1 aliphatic heterocycles. The zero-order valence-corrected chi connectivity index (χ0v) is 17.6. The Hall–Kier alpha value is -2.70. The van der Waals surface area contributed by atoms with Crippen molar-refractivity contribution in [1.29, 1.82) is 0 Å². The van der Waals surface area contributed by atoms with E-state index in [4.69, 9.17) is 21.1 Å². The van der Waals surface area contributed by atoms with Crippen molar-refractivity contribution >= 4 is 28.4 Å². The fourth-order valence-electron chi connectivity index (χ4n) is 3.52. The fraction of sp³-hybridized carbons (Fsp3) is 0.318. The number of fused-ring (bicyclic) bond motifs is 2. The van der Waals surface area contributed by atoms with Crippen LogP contribution in [0, 0.1) is 0 Å². The lowest BCUT2D eigenvalue weighted by Gasteiger charge is -2.25. The van der Waals surface area contributed by atoms with Gasteiger partial charge in [-0.15, -0.1) is 0 Å². The van der Waals surface area contributed by atoms with Crippen LogP contribution in [0.25, 0.3) is 10.9 Å². The predicted molar refractivity (Wildman–Crippen MR) is 114 cm³/mol. The Morgan fingerprint density at radius 1 is 1.07 bits per heavy atom. The molecule has 0 bridgehead atoms. The topological polar surface area (TPSA) is 46.9 Å². The normalized spacial score (nSPS) is 12.7. The first-order valence-corrected chi connectivity index (χ1v) is 9.87. The van der Waals surface area contributed by atoms with E-state index in [-0.39, 0.29) is 12.7 Å². The van der Waals surface area contributed by atoms with Crippen LogP contribution in [0.1, 0.15) is 16.1 Å². The Bertz CT molecular complexity index is 1060. The number of hydrogen-bond acceptors (Lipinski definition) is 4. The summed E-state index contributed by atoms with van der Waals surface area (Å²) >= 11 is 6.13. The van der Waals surface area contributed by atoms with Crippen LogP contribution in [0.5, 0.6) is 11.5 Å². The largest absolute Gasteiger partial charge is 0.454 e. The molecule has 6 nitrogen and oxygen atoms in total. The van der Waals surface area contributed by atoms with Gasteiger partial charge in [0.25, 0.3) is 5.91 Å². The molecule has 0 unspecified atom stereocenters. The van der Waals surface area contributed by atoms with Gasteiger partial charge in [0.05, 0.1) is 0 Å². The number of nitrogens with zero attached hydrogens (tertiary/aromatic N) is 3. The van der Waals surface area contributed by atoms with Crippen LogP contribution in [-0.4, -0.2) is 54.3 Å². The molecule has 1 aromatic heterocycles. The van der Waals surface area contributed by atoms with Gasteiger partial charge in [0, 0.05) is 42.6 Å². The summed E-state index contributed by atoms with van der Waals surface area (Å²) in [7, 11) is 5.91. The third-order valence-electron chi connectivity index (χ3n) is 5.14. The molecule has 0 radical (unpaired) electrons. The SMILES string of the molecule is CN(C)CCN(Cc1ccc2c(c1)OCO2)C(=O)c1cc2cc(Cl)ccc2n1C. The molecule has 2 aromatic carbocycles. The van der Waals surface area contributed by atoms with E-state index in [9.17, 15) is 4.79 Å². The molecule has 0 fully saturated rings. The average Bonchev–Trinajstić information content (AvgIpc) is 3.28. The maximum Gasteiger partial charge on any atom is 0.270 e. The van der Waals surface area contributed by atoms with Gasteiger partial charge in [-0.3, -0.25) is 4.79 Å². The summed E-state index contributed by atoms with van der Waals surface area (Å²) < 4.78 is 12.8. The number of carbonyl (C=O) groups excluding carboxylic acids is 1.